The molecular weight excluding hydrogens is 462 g/mol. The van der Waals surface area contributed by atoms with Gasteiger partial charge in [0.25, 0.3) is 0 Å². The van der Waals surface area contributed by atoms with Crippen LogP contribution in [0.3, 0.4) is 0 Å². The van der Waals surface area contributed by atoms with Gasteiger partial charge in [-0.3, -0.25) is 0 Å². The second-order valence-electron chi connectivity index (χ2n) is 9.26. The van der Waals surface area contributed by atoms with E-state index in [1.165, 1.54) is 43.8 Å². The third-order valence-corrected chi connectivity index (χ3v) is 7.02. The maximum atomic E-state index is 9.01. The summed E-state index contributed by atoms with van der Waals surface area (Å²) in [4.78, 5) is 0. The zero-order valence-electron chi connectivity index (χ0n) is 21.1. The molecule has 0 saturated heterocycles. The van der Waals surface area contributed by atoms with E-state index in [9.17, 15) is 0 Å². The molecular formula is C36H25NO. The number of nitriles is 1. The van der Waals surface area contributed by atoms with Crippen LogP contribution in [0.2, 0.25) is 0 Å². The largest absolute Gasteiger partial charge is 0.497 e. The van der Waals surface area contributed by atoms with Crippen LogP contribution in [0.4, 0.5) is 0 Å². The number of ether oxygens (including phenoxy) is 1. The summed E-state index contributed by atoms with van der Waals surface area (Å²) in [6.45, 7) is 0. The van der Waals surface area contributed by atoms with Crippen LogP contribution in [0, 0.1) is 11.3 Å². The molecule has 0 unspecified atom stereocenters. The summed E-state index contributed by atoms with van der Waals surface area (Å²) in [6.07, 6.45) is 4.18. The average Bonchev–Trinajstić information content (AvgIpc) is 2.99. The first-order valence-corrected chi connectivity index (χ1v) is 12.6. The highest BCUT2D eigenvalue weighted by atomic mass is 16.5. The van der Waals surface area contributed by atoms with Crippen LogP contribution in [-0.4, -0.2) is 7.11 Å². The fourth-order valence-electron chi connectivity index (χ4n) is 5.13. The van der Waals surface area contributed by atoms with Gasteiger partial charge in [0, 0.05) is 0 Å². The topological polar surface area (TPSA) is 33.0 Å². The van der Waals surface area contributed by atoms with Crippen LogP contribution in [-0.2, 0) is 0 Å². The van der Waals surface area contributed by atoms with Crippen LogP contribution in [0.15, 0.2) is 121 Å². The third-order valence-electron chi connectivity index (χ3n) is 7.02. The van der Waals surface area contributed by atoms with Crippen LogP contribution >= 0.6 is 0 Å². The summed E-state index contributed by atoms with van der Waals surface area (Å²) in [7, 11) is 1.70. The van der Waals surface area contributed by atoms with E-state index in [0.717, 1.165) is 16.9 Å². The summed E-state index contributed by atoms with van der Waals surface area (Å²) < 4.78 is 5.40. The molecule has 0 N–H and O–H groups in total. The lowest BCUT2D eigenvalue weighted by atomic mass is 9.86. The van der Waals surface area contributed by atoms with E-state index in [1.807, 2.05) is 36.4 Å². The van der Waals surface area contributed by atoms with Crippen LogP contribution in [0.5, 0.6) is 5.75 Å². The Balaban J connectivity index is 1.47. The summed E-state index contributed by atoms with van der Waals surface area (Å²) in [5.41, 5.74) is 7.72. The normalized spacial score (nSPS) is 11.2. The van der Waals surface area contributed by atoms with Gasteiger partial charge in [0.15, 0.2) is 0 Å². The fourth-order valence-corrected chi connectivity index (χ4v) is 5.13. The van der Waals surface area contributed by atoms with E-state index in [0.29, 0.717) is 5.56 Å². The summed E-state index contributed by atoms with van der Waals surface area (Å²) in [6, 6.07) is 44.2. The maximum Gasteiger partial charge on any atom is 0.118 e. The Hall–Kier alpha value is -5.13. The SMILES string of the molecule is COc1ccc(-c2c3ccccc3c(-c3ccc(/C=C/c4ccc(C#N)cc4)cc3)c3ccccc23)cc1. The Kier molecular flexibility index (Phi) is 6.18. The molecule has 38 heavy (non-hydrogen) atoms. The van der Waals surface area contributed by atoms with Gasteiger partial charge in [-0.1, -0.05) is 109 Å². The monoisotopic (exact) mass is 487 g/mol. The van der Waals surface area contributed by atoms with Crippen LogP contribution in [0.25, 0.3) is 56.0 Å². The van der Waals surface area contributed by atoms with Gasteiger partial charge in [-0.2, -0.15) is 5.26 Å². The van der Waals surface area contributed by atoms with E-state index in [2.05, 4.69) is 103 Å². The van der Waals surface area contributed by atoms with Crippen LogP contribution < -0.4 is 4.74 Å². The van der Waals surface area contributed by atoms with Crippen molar-refractivity contribution >= 4 is 33.7 Å². The molecule has 6 aromatic carbocycles. The highest BCUT2D eigenvalue weighted by Gasteiger charge is 2.16. The standard InChI is InChI=1S/C36H25NO/c1-38-30-22-20-29(21-23-30)36-33-8-4-2-6-31(33)35(32-7-3-5-9-34(32)36)28-18-16-26(17-19-28)11-10-25-12-14-27(24-37)15-13-25/h2-23H,1H3/b11-10+. The van der Waals surface area contributed by atoms with Crippen molar-refractivity contribution in [1.29, 1.82) is 5.26 Å². The molecule has 0 aromatic heterocycles. The van der Waals surface area contributed by atoms with Crippen molar-refractivity contribution in [3.05, 3.63) is 138 Å². The zero-order valence-corrected chi connectivity index (χ0v) is 21.1. The molecule has 0 radical (unpaired) electrons. The molecule has 0 amide bonds. The molecule has 0 aliphatic heterocycles. The average molecular weight is 488 g/mol. The maximum absolute atomic E-state index is 9.01. The lowest BCUT2D eigenvalue weighted by Crippen LogP contribution is -1.91. The molecule has 0 bridgehead atoms. The molecule has 0 aliphatic carbocycles. The van der Waals surface area contributed by atoms with Gasteiger partial charge in [-0.15, -0.1) is 0 Å². The summed E-state index contributed by atoms with van der Waals surface area (Å²) >= 11 is 0. The molecule has 0 atom stereocenters. The predicted molar refractivity (Wildman–Crippen MR) is 159 cm³/mol. The number of benzene rings is 6. The van der Waals surface area contributed by atoms with Crippen molar-refractivity contribution in [3.63, 3.8) is 0 Å². The summed E-state index contributed by atoms with van der Waals surface area (Å²) in [5, 5.41) is 13.9. The van der Waals surface area contributed by atoms with Gasteiger partial charge in [-0.05, 0) is 79.2 Å². The zero-order chi connectivity index (χ0) is 25.9. The molecule has 2 heteroatoms. The molecule has 2 nitrogen and oxygen atoms in total. The molecule has 0 spiro atoms. The van der Waals surface area contributed by atoms with E-state index in [1.54, 1.807) is 7.11 Å². The number of hydrogen-bond acceptors (Lipinski definition) is 2. The van der Waals surface area contributed by atoms with Crippen molar-refractivity contribution in [1.82, 2.24) is 0 Å². The van der Waals surface area contributed by atoms with Gasteiger partial charge < -0.3 is 4.74 Å². The minimum absolute atomic E-state index is 0.670. The van der Waals surface area contributed by atoms with Crippen molar-refractivity contribution < 1.29 is 4.74 Å². The lowest BCUT2D eigenvalue weighted by molar-refractivity contribution is 0.415. The number of nitrogens with zero attached hydrogens (tertiary/aromatic N) is 1. The van der Waals surface area contributed by atoms with E-state index >= 15 is 0 Å². The summed E-state index contributed by atoms with van der Waals surface area (Å²) in [5.74, 6) is 0.854. The van der Waals surface area contributed by atoms with Gasteiger partial charge in [0.2, 0.25) is 0 Å². The minimum Gasteiger partial charge on any atom is -0.497 e. The first-order valence-electron chi connectivity index (χ1n) is 12.6. The Labute approximate surface area is 222 Å². The fraction of sp³-hybridized carbons (Fsp3) is 0.0278. The Morgan fingerprint density at radius 1 is 0.526 bits per heavy atom. The highest BCUT2D eigenvalue weighted by molar-refractivity contribution is 6.21. The Morgan fingerprint density at radius 3 is 1.32 bits per heavy atom. The minimum atomic E-state index is 0.670. The van der Waals surface area contributed by atoms with Crippen molar-refractivity contribution in [2.75, 3.05) is 7.11 Å². The van der Waals surface area contributed by atoms with Crippen molar-refractivity contribution in [2.24, 2.45) is 0 Å². The quantitative estimate of drug-likeness (QED) is 0.179. The first-order chi connectivity index (χ1) is 18.7. The van der Waals surface area contributed by atoms with E-state index in [-0.39, 0.29) is 0 Å². The van der Waals surface area contributed by atoms with Gasteiger partial charge in [-0.25, -0.2) is 0 Å². The van der Waals surface area contributed by atoms with Crippen LogP contribution in [0.1, 0.15) is 16.7 Å². The molecule has 0 fully saturated rings. The number of methoxy groups -OCH3 is 1. The van der Waals surface area contributed by atoms with E-state index in [4.69, 9.17) is 10.00 Å². The van der Waals surface area contributed by atoms with Crippen molar-refractivity contribution in [2.45, 2.75) is 0 Å². The number of fused-ring (bicyclic) bond motifs is 2. The second kappa shape index (κ2) is 10.1. The van der Waals surface area contributed by atoms with Gasteiger partial charge in [0.1, 0.15) is 5.75 Å². The Morgan fingerprint density at radius 2 is 0.921 bits per heavy atom. The molecule has 0 saturated carbocycles. The highest BCUT2D eigenvalue weighted by Crippen LogP contribution is 2.43. The molecule has 6 rings (SSSR count). The number of rotatable bonds is 5. The van der Waals surface area contributed by atoms with Crippen molar-refractivity contribution in [3.8, 4) is 34.1 Å². The van der Waals surface area contributed by atoms with Gasteiger partial charge in [0.05, 0.1) is 18.7 Å². The lowest BCUT2D eigenvalue weighted by Gasteiger charge is -2.18. The third kappa shape index (κ3) is 4.32. The number of hydrogen-bond donors (Lipinski definition) is 0. The molecule has 6 aromatic rings. The van der Waals surface area contributed by atoms with Gasteiger partial charge >= 0.3 is 0 Å². The predicted octanol–water partition coefficient (Wildman–Crippen LogP) is 9.38. The molecule has 0 aliphatic rings. The first kappa shape index (κ1) is 23.3. The Bertz CT molecular complexity index is 1760. The molecule has 180 valence electrons. The second-order valence-corrected chi connectivity index (χ2v) is 9.26. The van der Waals surface area contributed by atoms with E-state index < -0.39 is 0 Å². The smallest absolute Gasteiger partial charge is 0.118 e. The molecule has 0 heterocycles.